The molecule has 0 atom stereocenters. The summed E-state index contributed by atoms with van der Waals surface area (Å²) in [5, 5.41) is 6.34. The second kappa shape index (κ2) is 6.72. The Morgan fingerprint density at radius 1 is 1.20 bits per heavy atom. The number of nitrogen functional groups attached to an aromatic ring is 1. The van der Waals surface area contributed by atoms with Gasteiger partial charge in [0, 0.05) is 19.3 Å². The van der Waals surface area contributed by atoms with E-state index in [0.717, 1.165) is 11.3 Å². The third-order valence-electron chi connectivity index (χ3n) is 2.88. The van der Waals surface area contributed by atoms with Crippen LogP contribution in [0, 0.1) is 6.92 Å². The van der Waals surface area contributed by atoms with Crippen LogP contribution in [0.2, 0.25) is 0 Å². The molecule has 0 saturated heterocycles. The first-order valence-electron chi connectivity index (χ1n) is 6.38. The lowest BCUT2D eigenvalue weighted by Gasteiger charge is -2.13. The molecule has 2 rings (SSSR count). The Kier molecular flexibility index (Phi) is 4.73. The zero-order chi connectivity index (χ0) is 14.4. The predicted molar refractivity (Wildman–Crippen MR) is 81.3 cm³/mol. The van der Waals surface area contributed by atoms with E-state index in [0.29, 0.717) is 30.5 Å². The van der Waals surface area contributed by atoms with Gasteiger partial charge in [0.2, 0.25) is 0 Å². The summed E-state index contributed by atoms with van der Waals surface area (Å²) in [6, 6.07) is 7.96. The van der Waals surface area contributed by atoms with Crippen LogP contribution in [-0.4, -0.2) is 30.2 Å². The van der Waals surface area contributed by atoms with Gasteiger partial charge < -0.3 is 21.1 Å². The number of nitrogens with zero attached hydrogens (tertiary/aromatic N) is 2. The van der Waals surface area contributed by atoms with Gasteiger partial charge in [-0.25, -0.2) is 9.97 Å². The summed E-state index contributed by atoms with van der Waals surface area (Å²) in [6.45, 7) is 3.25. The summed E-state index contributed by atoms with van der Waals surface area (Å²) in [6.07, 6.45) is 1.48. The lowest BCUT2D eigenvalue weighted by atomic mass is 10.2. The summed E-state index contributed by atoms with van der Waals surface area (Å²) in [7, 11) is 1.65. The van der Waals surface area contributed by atoms with Gasteiger partial charge in [-0.3, -0.25) is 0 Å². The number of para-hydroxylation sites is 1. The van der Waals surface area contributed by atoms with E-state index in [9.17, 15) is 0 Å². The van der Waals surface area contributed by atoms with Crippen LogP contribution in [0.1, 0.15) is 5.56 Å². The van der Waals surface area contributed by atoms with Gasteiger partial charge in [0.25, 0.3) is 0 Å². The molecule has 4 N–H and O–H groups in total. The zero-order valence-electron chi connectivity index (χ0n) is 11.7. The van der Waals surface area contributed by atoms with E-state index in [4.69, 9.17) is 10.5 Å². The van der Waals surface area contributed by atoms with E-state index in [2.05, 4.69) is 20.6 Å². The third-order valence-corrected chi connectivity index (χ3v) is 2.88. The Labute approximate surface area is 118 Å². The molecule has 0 aliphatic carbocycles. The minimum absolute atomic E-state index is 0.492. The number of rotatable bonds is 6. The van der Waals surface area contributed by atoms with E-state index >= 15 is 0 Å². The largest absolute Gasteiger partial charge is 0.393 e. The number of benzene rings is 1. The lowest BCUT2D eigenvalue weighted by Crippen LogP contribution is -2.12. The summed E-state index contributed by atoms with van der Waals surface area (Å²) in [5.74, 6) is 1.20. The highest BCUT2D eigenvalue weighted by Crippen LogP contribution is 2.26. The summed E-state index contributed by atoms with van der Waals surface area (Å²) in [5.41, 5.74) is 8.66. The molecule has 1 aromatic heterocycles. The molecule has 0 fully saturated rings. The van der Waals surface area contributed by atoms with Crippen LogP contribution in [0.15, 0.2) is 30.6 Å². The first kappa shape index (κ1) is 14.1. The van der Waals surface area contributed by atoms with Gasteiger partial charge in [0.05, 0.1) is 6.61 Å². The minimum atomic E-state index is 0.492. The van der Waals surface area contributed by atoms with Crippen molar-refractivity contribution in [2.75, 3.05) is 36.6 Å². The Hall–Kier alpha value is -2.34. The fourth-order valence-corrected chi connectivity index (χ4v) is 1.75. The van der Waals surface area contributed by atoms with Crippen LogP contribution in [0.4, 0.5) is 23.0 Å². The Bertz CT molecular complexity index is 573. The molecule has 0 aliphatic heterocycles. The molecule has 0 amide bonds. The molecule has 0 spiro atoms. The number of hydrogen-bond acceptors (Lipinski definition) is 6. The average molecular weight is 273 g/mol. The maximum absolute atomic E-state index is 6.07. The number of anilines is 4. The quantitative estimate of drug-likeness (QED) is 0.699. The van der Waals surface area contributed by atoms with Crippen molar-refractivity contribution in [2.45, 2.75) is 6.92 Å². The minimum Gasteiger partial charge on any atom is -0.393 e. The maximum atomic E-state index is 6.07. The van der Waals surface area contributed by atoms with Gasteiger partial charge in [-0.15, -0.1) is 0 Å². The first-order chi connectivity index (χ1) is 9.72. The van der Waals surface area contributed by atoms with Crippen molar-refractivity contribution in [3.05, 3.63) is 36.2 Å². The molecule has 0 unspecified atom stereocenters. The van der Waals surface area contributed by atoms with Gasteiger partial charge in [0.15, 0.2) is 11.6 Å². The number of hydrogen-bond donors (Lipinski definition) is 3. The van der Waals surface area contributed by atoms with Crippen LogP contribution in [0.3, 0.4) is 0 Å². The molecule has 6 heteroatoms. The molecule has 1 heterocycles. The van der Waals surface area contributed by atoms with Crippen LogP contribution < -0.4 is 16.4 Å². The molecule has 106 valence electrons. The fourth-order valence-electron chi connectivity index (χ4n) is 1.75. The van der Waals surface area contributed by atoms with Gasteiger partial charge in [-0.05, 0) is 18.6 Å². The normalized spacial score (nSPS) is 10.3. The van der Waals surface area contributed by atoms with E-state index in [-0.39, 0.29) is 0 Å². The number of aryl methyl sites for hydroxylation is 1. The van der Waals surface area contributed by atoms with Gasteiger partial charge in [-0.2, -0.15) is 0 Å². The molecule has 0 radical (unpaired) electrons. The fraction of sp³-hybridized carbons (Fsp3) is 0.286. The second-order valence-corrected chi connectivity index (χ2v) is 4.34. The van der Waals surface area contributed by atoms with E-state index < -0.39 is 0 Å². The Morgan fingerprint density at radius 3 is 2.70 bits per heavy atom. The molecular weight excluding hydrogens is 254 g/mol. The van der Waals surface area contributed by atoms with Gasteiger partial charge >= 0.3 is 0 Å². The third kappa shape index (κ3) is 3.36. The number of nitrogens with one attached hydrogen (secondary N) is 2. The van der Waals surface area contributed by atoms with Crippen LogP contribution >= 0.6 is 0 Å². The molecule has 0 saturated carbocycles. The van der Waals surface area contributed by atoms with Crippen LogP contribution in [0.25, 0.3) is 0 Å². The van der Waals surface area contributed by atoms with Crippen molar-refractivity contribution >= 4 is 23.0 Å². The highest BCUT2D eigenvalue weighted by Gasteiger charge is 2.08. The number of nitrogens with two attached hydrogens (primary N) is 1. The first-order valence-corrected chi connectivity index (χ1v) is 6.38. The zero-order valence-corrected chi connectivity index (χ0v) is 11.7. The monoisotopic (exact) mass is 273 g/mol. The van der Waals surface area contributed by atoms with E-state index in [1.54, 1.807) is 7.11 Å². The predicted octanol–water partition coefficient (Wildman–Crippen LogP) is 2.17. The van der Waals surface area contributed by atoms with Crippen molar-refractivity contribution in [1.29, 1.82) is 0 Å². The number of methoxy groups -OCH3 is 1. The number of ether oxygens (including phenoxy) is 1. The Morgan fingerprint density at radius 2 is 1.95 bits per heavy atom. The molecule has 0 aliphatic rings. The molecular formula is C14H19N5O. The van der Waals surface area contributed by atoms with Crippen molar-refractivity contribution in [3.63, 3.8) is 0 Å². The SMILES string of the molecule is COCCNc1ncnc(Nc2ccccc2C)c1N. The van der Waals surface area contributed by atoms with Gasteiger partial charge in [0.1, 0.15) is 12.0 Å². The van der Waals surface area contributed by atoms with E-state index in [1.807, 2.05) is 31.2 Å². The summed E-state index contributed by atoms with van der Waals surface area (Å²) < 4.78 is 4.98. The van der Waals surface area contributed by atoms with E-state index in [1.165, 1.54) is 6.33 Å². The van der Waals surface area contributed by atoms with Crippen LogP contribution in [0.5, 0.6) is 0 Å². The standard InChI is InChI=1S/C14H19N5O/c1-10-5-3-4-6-11(10)19-14-12(15)13(17-9-18-14)16-7-8-20-2/h3-6,9H,7-8,15H2,1-2H3,(H2,16,17,18,19). The molecule has 0 bridgehead atoms. The Balaban J connectivity index is 2.16. The van der Waals surface area contributed by atoms with Crippen LogP contribution in [-0.2, 0) is 4.74 Å². The van der Waals surface area contributed by atoms with Gasteiger partial charge in [-0.1, -0.05) is 18.2 Å². The molecule has 1 aromatic carbocycles. The maximum Gasteiger partial charge on any atom is 0.159 e. The molecule has 6 nitrogen and oxygen atoms in total. The van der Waals surface area contributed by atoms with Crippen molar-refractivity contribution in [2.24, 2.45) is 0 Å². The highest BCUT2D eigenvalue weighted by molar-refractivity contribution is 5.78. The highest BCUT2D eigenvalue weighted by atomic mass is 16.5. The smallest absolute Gasteiger partial charge is 0.159 e. The van der Waals surface area contributed by atoms with Crippen molar-refractivity contribution < 1.29 is 4.74 Å². The second-order valence-electron chi connectivity index (χ2n) is 4.34. The number of aromatic nitrogens is 2. The summed E-state index contributed by atoms with van der Waals surface area (Å²) >= 11 is 0. The topological polar surface area (TPSA) is 85.1 Å². The van der Waals surface area contributed by atoms with Crippen molar-refractivity contribution in [3.8, 4) is 0 Å². The van der Waals surface area contributed by atoms with Crippen molar-refractivity contribution in [1.82, 2.24) is 9.97 Å². The molecule has 20 heavy (non-hydrogen) atoms. The molecule has 2 aromatic rings. The average Bonchev–Trinajstić information content (AvgIpc) is 2.45. The lowest BCUT2D eigenvalue weighted by molar-refractivity contribution is 0.210. The summed E-state index contributed by atoms with van der Waals surface area (Å²) in [4.78, 5) is 8.32.